The van der Waals surface area contributed by atoms with Crippen LogP contribution in [0.3, 0.4) is 0 Å². The van der Waals surface area contributed by atoms with E-state index in [0.29, 0.717) is 0 Å². The molecule has 112 valence electrons. The van der Waals surface area contributed by atoms with Crippen molar-refractivity contribution in [1.82, 2.24) is 10.2 Å². The van der Waals surface area contributed by atoms with Crippen molar-refractivity contribution in [3.63, 3.8) is 0 Å². The number of morpholine rings is 1. The normalized spacial score (nSPS) is 18.9. The second kappa shape index (κ2) is 7.07. The van der Waals surface area contributed by atoms with Gasteiger partial charge in [-0.1, -0.05) is 12.1 Å². The molecule has 0 aliphatic carbocycles. The molecule has 1 N–H and O–H groups in total. The summed E-state index contributed by atoms with van der Waals surface area (Å²) in [4.78, 5) is 2.40. The predicted octanol–water partition coefficient (Wildman–Crippen LogP) is 1.90. The van der Waals surface area contributed by atoms with E-state index in [0.717, 1.165) is 45.1 Å². The molecule has 1 aliphatic rings. The van der Waals surface area contributed by atoms with Crippen molar-refractivity contribution in [2.24, 2.45) is 0 Å². The zero-order valence-electron chi connectivity index (χ0n) is 12.8. The molecule has 20 heavy (non-hydrogen) atoms. The Labute approximate surface area is 122 Å². The van der Waals surface area contributed by atoms with Gasteiger partial charge in [0.2, 0.25) is 0 Å². The highest BCUT2D eigenvalue weighted by molar-refractivity contribution is 5.28. The van der Waals surface area contributed by atoms with Gasteiger partial charge in [-0.15, -0.1) is 0 Å². The first-order valence-corrected chi connectivity index (χ1v) is 7.32. The highest BCUT2D eigenvalue weighted by Gasteiger charge is 2.26. The molecule has 0 amide bonds. The summed E-state index contributed by atoms with van der Waals surface area (Å²) in [7, 11) is 1.95. The summed E-state index contributed by atoms with van der Waals surface area (Å²) in [6.45, 7) is 9.59. The summed E-state index contributed by atoms with van der Waals surface area (Å²) < 4.78 is 11.6. The Kier molecular flexibility index (Phi) is 5.40. The van der Waals surface area contributed by atoms with Gasteiger partial charge in [-0.3, -0.25) is 4.90 Å². The minimum absolute atomic E-state index is 0.0367. The summed E-state index contributed by atoms with van der Waals surface area (Å²) >= 11 is 0. The Bertz CT molecular complexity index is 421. The van der Waals surface area contributed by atoms with Crippen molar-refractivity contribution in [2.75, 3.05) is 39.9 Å². The Morgan fingerprint density at radius 2 is 2.25 bits per heavy atom. The van der Waals surface area contributed by atoms with Crippen LogP contribution in [0, 0.1) is 0 Å². The fourth-order valence-corrected chi connectivity index (χ4v) is 2.55. The second-order valence-corrected chi connectivity index (χ2v) is 5.91. The van der Waals surface area contributed by atoms with Crippen LogP contribution in [0.2, 0.25) is 0 Å². The molecule has 1 aliphatic heterocycles. The lowest BCUT2D eigenvalue weighted by molar-refractivity contribution is -0.0875. The highest BCUT2D eigenvalue weighted by Crippen LogP contribution is 2.17. The van der Waals surface area contributed by atoms with E-state index in [-0.39, 0.29) is 5.60 Å². The number of rotatable bonds is 6. The van der Waals surface area contributed by atoms with Crippen LogP contribution in [0.4, 0.5) is 0 Å². The maximum absolute atomic E-state index is 5.85. The standard InChI is InChI=1S/C16H26N2O2/c1-16(2)13-18(8-10-20-16)7-9-19-15-6-4-5-14(11-15)12-17-3/h4-6,11,17H,7-10,12-13H2,1-3H3. The van der Waals surface area contributed by atoms with E-state index in [1.165, 1.54) is 5.56 Å². The first-order chi connectivity index (χ1) is 9.59. The van der Waals surface area contributed by atoms with Crippen molar-refractivity contribution in [1.29, 1.82) is 0 Å². The summed E-state index contributed by atoms with van der Waals surface area (Å²) in [6.07, 6.45) is 0. The molecular formula is C16H26N2O2. The molecule has 0 aromatic heterocycles. The molecule has 0 radical (unpaired) electrons. The molecule has 4 nitrogen and oxygen atoms in total. The fraction of sp³-hybridized carbons (Fsp3) is 0.625. The molecule has 0 atom stereocenters. The smallest absolute Gasteiger partial charge is 0.119 e. The van der Waals surface area contributed by atoms with Crippen LogP contribution in [0.15, 0.2) is 24.3 Å². The Hall–Kier alpha value is -1.10. The zero-order chi connectivity index (χ0) is 14.4. The van der Waals surface area contributed by atoms with Crippen LogP contribution in [-0.4, -0.2) is 50.4 Å². The molecule has 4 heteroatoms. The summed E-state index contributed by atoms with van der Waals surface area (Å²) in [5.41, 5.74) is 1.21. The van der Waals surface area contributed by atoms with Crippen LogP contribution in [0.1, 0.15) is 19.4 Å². The van der Waals surface area contributed by atoms with E-state index in [2.05, 4.69) is 36.2 Å². The van der Waals surface area contributed by atoms with Gasteiger partial charge < -0.3 is 14.8 Å². The van der Waals surface area contributed by atoms with Crippen molar-refractivity contribution in [2.45, 2.75) is 26.0 Å². The van der Waals surface area contributed by atoms with Crippen molar-refractivity contribution in [3.8, 4) is 5.75 Å². The SMILES string of the molecule is CNCc1cccc(OCCN2CCOC(C)(C)C2)c1. The van der Waals surface area contributed by atoms with Gasteiger partial charge in [0, 0.05) is 26.2 Å². The Morgan fingerprint density at radius 3 is 3.00 bits per heavy atom. The topological polar surface area (TPSA) is 33.7 Å². The van der Waals surface area contributed by atoms with Crippen molar-refractivity contribution < 1.29 is 9.47 Å². The lowest BCUT2D eigenvalue weighted by Crippen LogP contribution is -2.49. The molecule has 1 heterocycles. The molecule has 1 fully saturated rings. The summed E-state index contributed by atoms with van der Waals surface area (Å²) in [5, 5.41) is 3.15. The molecule has 0 unspecified atom stereocenters. The van der Waals surface area contributed by atoms with Crippen LogP contribution in [-0.2, 0) is 11.3 Å². The quantitative estimate of drug-likeness (QED) is 0.861. The third kappa shape index (κ3) is 4.78. The molecular weight excluding hydrogens is 252 g/mol. The fourth-order valence-electron chi connectivity index (χ4n) is 2.55. The van der Waals surface area contributed by atoms with Gasteiger partial charge in [-0.05, 0) is 38.6 Å². The van der Waals surface area contributed by atoms with Crippen LogP contribution < -0.4 is 10.1 Å². The molecule has 0 saturated carbocycles. The summed E-state index contributed by atoms with van der Waals surface area (Å²) in [6, 6.07) is 8.26. The van der Waals surface area contributed by atoms with E-state index in [9.17, 15) is 0 Å². The molecule has 2 rings (SSSR count). The van der Waals surface area contributed by atoms with Gasteiger partial charge in [-0.25, -0.2) is 0 Å². The van der Waals surface area contributed by atoms with Crippen molar-refractivity contribution in [3.05, 3.63) is 29.8 Å². The predicted molar refractivity (Wildman–Crippen MR) is 81.2 cm³/mol. The molecule has 1 aromatic carbocycles. The largest absolute Gasteiger partial charge is 0.492 e. The number of benzene rings is 1. The second-order valence-electron chi connectivity index (χ2n) is 5.91. The Morgan fingerprint density at radius 1 is 1.40 bits per heavy atom. The maximum atomic E-state index is 5.85. The van der Waals surface area contributed by atoms with E-state index in [4.69, 9.17) is 9.47 Å². The van der Waals surface area contributed by atoms with Crippen molar-refractivity contribution >= 4 is 0 Å². The van der Waals surface area contributed by atoms with Gasteiger partial charge in [0.1, 0.15) is 12.4 Å². The molecule has 1 saturated heterocycles. The van der Waals surface area contributed by atoms with Crippen LogP contribution in [0.25, 0.3) is 0 Å². The van der Waals surface area contributed by atoms with Gasteiger partial charge in [-0.2, -0.15) is 0 Å². The molecule has 0 spiro atoms. The number of hydrogen-bond donors (Lipinski definition) is 1. The van der Waals surface area contributed by atoms with Gasteiger partial charge in [0.05, 0.1) is 12.2 Å². The first kappa shape index (κ1) is 15.3. The minimum atomic E-state index is -0.0367. The van der Waals surface area contributed by atoms with Gasteiger partial charge in [0.15, 0.2) is 0 Å². The Balaban J connectivity index is 1.76. The number of hydrogen-bond acceptors (Lipinski definition) is 4. The van der Waals surface area contributed by atoms with E-state index >= 15 is 0 Å². The van der Waals surface area contributed by atoms with Gasteiger partial charge in [0.25, 0.3) is 0 Å². The lowest BCUT2D eigenvalue weighted by atomic mass is 10.1. The third-order valence-electron chi connectivity index (χ3n) is 3.46. The lowest BCUT2D eigenvalue weighted by Gasteiger charge is -2.38. The van der Waals surface area contributed by atoms with E-state index in [1.807, 2.05) is 19.2 Å². The highest BCUT2D eigenvalue weighted by atomic mass is 16.5. The number of ether oxygens (including phenoxy) is 2. The van der Waals surface area contributed by atoms with Crippen LogP contribution in [0.5, 0.6) is 5.75 Å². The average molecular weight is 278 g/mol. The minimum Gasteiger partial charge on any atom is -0.492 e. The van der Waals surface area contributed by atoms with E-state index in [1.54, 1.807) is 0 Å². The molecule has 1 aromatic rings. The first-order valence-electron chi connectivity index (χ1n) is 7.32. The monoisotopic (exact) mass is 278 g/mol. The van der Waals surface area contributed by atoms with Crippen LogP contribution >= 0.6 is 0 Å². The number of nitrogens with one attached hydrogen (secondary N) is 1. The third-order valence-corrected chi connectivity index (χ3v) is 3.46. The number of nitrogens with zero attached hydrogens (tertiary/aromatic N) is 1. The zero-order valence-corrected chi connectivity index (χ0v) is 12.8. The van der Waals surface area contributed by atoms with Gasteiger partial charge >= 0.3 is 0 Å². The maximum Gasteiger partial charge on any atom is 0.119 e. The molecule has 0 bridgehead atoms. The summed E-state index contributed by atoms with van der Waals surface area (Å²) in [5.74, 6) is 0.949. The van der Waals surface area contributed by atoms with E-state index < -0.39 is 0 Å². The average Bonchev–Trinajstić information content (AvgIpc) is 2.38.